The zero-order valence-corrected chi connectivity index (χ0v) is 15.6. The summed E-state index contributed by atoms with van der Waals surface area (Å²) in [5, 5.41) is 5.61. The van der Waals surface area contributed by atoms with E-state index in [9.17, 15) is 0 Å². The van der Waals surface area contributed by atoms with Crippen LogP contribution in [0.4, 0.5) is 0 Å². The average Bonchev–Trinajstić information content (AvgIpc) is 2.99. The van der Waals surface area contributed by atoms with E-state index in [-0.39, 0.29) is 0 Å². The minimum atomic E-state index is 0.747. The van der Waals surface area contributed by atoms with E-state index in [0.717, 1.165) is 42.3 Å². The molecule has 0 aliphatic carbocycles. The predicted octanol–water partition coefficient (Wildman–Crippen LogP) is 5.09. The summed E-state index contributed by atoms with van der Waals surface area (Å²) in [5.41, 5.74) is 4.64. The van der Waals surface area contributed by atoms with Gasteiger partial charge in [0.25, 0.3) is 0 Å². The SMILES string of the molecule is CCCN(C)Cc1cn(Cc2ccccc2)nc1-c1ccc(Cl)cc1. The molecule has 0 bridgehead atoms. The summed E-state index contributed by atoms with van der Waals surface area (Å²) >= 11 is 6.04. The smallest absolute Gasteiger partial charge is 0.0968 e. The highest BCUT2D eigenvalue weighted by Gasteiger charge is 2.13. The van der Waals surface area contributed by atoms with Crippen molar-refractivity contribution in [3.63, 3.8) is 0 Å². The molecule has 0 N–H and O–H groups in total. The molecule has 0 aliphatic rings. The fourth-order valence-corrected chi connectivity index (χ4v) is 3.16. The number of hydrogen-bond acceptors (Lipinski definition) is 2. The molecule has 3 nitrogen and oxygen atoms in total. The minimum absolute atomic E-state index is 0.747. The number of benzene rings is 2. The lowest BCUT2D eigenvalue weighted by molar-refractivity contribution is 0.328. The van der Waals surface area contributed by atoms with Gasteiger partial charge in [-0.05, 0) is 37.7 Å². The van der Waals surface area contributed by atoms with E-state index in [1.165, 1.54) is 11.1 Å². The van der Waals surface area contributed by atoms with Crippen LogP contribution in [0.25, 0.3) is 11.3 Å². The minimum Gasteiger partial charge on any atom is -0.302 e. The molecule has 1 heterocycles. The summed E-state index contributed by atoms with van der Waals surface area (Å²) < 4.78 is 2.04. The topological polar surface area (TPSA) is 21.1 Å². The summed E-state index contributed by atoms with van der Waals surface area (Å²) in [6.45, 7) is 4.94. The highest BCUT2D eigenvalue weighted by Crippen LogP contribution is 2.25. The van der Waals surface area contributed by atoms with Crippen molar-refractivity contribution in [3.05, 3.63) is 76.9 Å². The Morgan fingerprint density at radius 2 is 1.76 bits per heavy atom. The van der Waals surface area contributed by atoms with Crippen molar-refractivity contribution in [1.29, 1.82) is 0 Å². The maximum Gasteiger partial charge on any atom is 0.0968 e. The summed E-state index contributed by atoms with van der Waals surface area (Å²) in [4.78, 5) is 2.34. The van der Waals surface area contributed by atoms with Gasteiger partial charge in [-0.3, -0.25) is 4.68 Å². The molecule has 0 spiro atoms. The van der Waals surface area contributed by atoms with Gasteiger partial charge in [-0.2, -0.15) is 5.10 Å². The van der Waals surface area contributed by atoms with Crippen molar-refractivity contribution in [2.75, 3.05) is 13.6 Å². The standard InChI is InChI=1S/C21H24ClN3/c1-3-13-24(2)15-19-16-25(14-17-7-5-4-6-8-17)23-21(19)18-9-11-20(22)12-10-18/h4-12,16H,3,13-15H2,1-2H3. The molecule has 0 aliphatic heterocycles. The molecule has 130 valence electrons. The third-order valence-electron chi connectivity index (χ3n) is 4.19. The molecular formula is C21H24ClN3. The van der Waals surface area contributed by atoms with Gasteiger partial charge in [-0.1, -0.05) is 61.0 Å². The molecule has 0 saturated carbocycles. The Morgan fingerprint density at radius 3 is 2.44 bits per heavy atom. The number of halogens is 1. The molecule has 0 amide bonds. The van der Waals surface area contributed by atoms with E-state index in [0.29, 0.717) is 0 Å². The molecule has 0 unspecified atom stereocenters. The van der Waals surface area contributed by atoms with Gasteiger partial charge in [0.2, 0.25) is 0 Å². The lowest BCUT2D eigenvalue weighted by Crippen LogP contribution is -2.18. The van der Waals surface area contributed by atoms with Crippen molar-refractivity contribution in [2.45, 2.75) is 26.4 Å². The van der Waals surface area contributed by atoms with E-state index < -0.39 is 0 Å². The van der Waals surface area contributed by atoms with Crippen LogP contribution < -0.4 is 0 Å². The van der Waals surface area contributed by atoms with Crippen molar-refractivity contribution in [1.82, 2.24) is 14.7 Å². The Morgan fingerprint density at radius 1 is 1.04 bits per heavy atom. The third-order valence-corrected chi connectivity index (χ3v) is 4.44. The monoisotopic (exact) mass is 353 g/mol. The quantitative estimate of drug-likeness (QED) is 0.589. The molecule has 0 fully saturated rings. The van der Waals surface area contributed by atoms with Gasteiger partial charge >= 0.3 is 0 Å². The van der Waals surface area contributed by atoms with Crippen molar-refractivity contribution in [3.8, 4) is 11.3 Å². The predicted molar refractivity (Wildman–Crippen MR) is 105 cm³/mol. The fourth-order valence-electron chi connectivity index (χ4n) is 3.03. The van der Waals surface area contributed by atoms with E-state index in [2.05, 4.69) is 49.3 Å². The Balaban J connectivity index is 1.91. The van der Waals surface area contributed by atoms with Gasteiger partial charge in [0.1, 0.15) is 0 Å². The van der Waals surface area contributed by atoms with Gasteiger partial charge in [0.05, 0.1) is 12.2 Å². The maximum atomic E-state index is 6.04. The van der Waals surface area contributed by atoms with E-state index in [4.69, 9.17) is 16.7 Å². The summed E-state index contributed by atoms with van der Waals surface area (Å²) in [7, 11) is 2.16. The van der Waals surface area contributed by atoms with Crippen LogP contribution in [0.5, 0.6) is 0 Å². The normalized spacial score (nSPS) is 11.2. The van der Waals surface area contributed by atoms with Crippen molar-refractivity contribution in [2.24, 2.45) is 0 Å². The molecule has 4 heteroatoms. The third kappa shape index (κ3) is 4.71. The van der Waals surface area contributed by atoms with Gasteiger partial charge in [0.15, 0.2) is 0 Å². The van der Waals surface area contributed by atoms with Crippen LogP contribution in [-0.4, -0.2) is 28.3 Å². The number of nitrogens with zero attached hydrogens (tertiary/aromatic N) is 3. The first-order valence-electron chi connectivity index (χ1n) is 8.70. The van der Waals surface area contributed by atoms with Crippen LogP contribution in [0.3, 0.4) is 0 Å². The summed E-state index contributed by atoms with van der Waals surface area (Å²) in [6.07, 6.45) is 3.31. The van der Waals surface area contributed by atoms with Crippen LogP contribution >= 0.6 is 11.6 Å². The summed E-state index contributed by atoms with van der Waals surface area (Å²) in [6, 6.07) is 18.4. The molecule has 0 saturated heterocycles. The second-order valence-electron chi connectivity index (χ2n) is 6.43. The number of rotatable bonds is 7. The molecule has 0 atom stereocenters. The number of hydrogen-bond donors (Lipinski definition) is 0. The molecule has 0 radical (unpaired) electrons. The zero-order valence-electron chi connectivity index (χ0n) is 14.8. The highest BCUT2D eigenvalue weighted by molar-refractivity contribution is 6.30. The van der Waals surface area contributed by atoms with Gasteiger partial charge in [0, 0.05) is 28.9 Å². The zero-order chi connectivity index (χ0) is 17.6. The molecule has 2 aromatic carbocycles. The van der Waals surface area contributed by atoms with Crippen LogP contribution in [0.2, 0.25) is 5.02 Å². The van der Waals surface area contributed by atoms with Crippen LogP contribution in [0.15, 0.2) is 60.8 Å². The van der Waals surface area contributed by atoms with E-state index in [1.54, 1.807) is 0 Å². The lowest BCUT2D eigenvalue weighted by atomic mass is 10.1. The fraction of sp³-hybridized carbons (Fsp3) is 0.286. The average molecular weight is 354 g/mol. The lowest BCUT2D eigenvalue weighted by Gasteiger charge is -2.15. The van der Waals surface area contributed by atoms with Crippen LogP contribution in [0.1, 0.15) is 24.5 Å². The van der Waals surface area contributed by atoms with Crippen molar-refractivity contribution >= 4 is 11.6 Å². The first kappa shape index (κ1) is 17.7. The molecule has 25 heavy (non-hydrogen) atoms. The van der Waals surface area contributed by atoms with E-state index in [1.807, 2.05) is 35.0 Å². The van der Waals surface area contributed by atoms with Gasteiger partial charge in [-0.25, -0.2) is 0 Å². The Labute approximate surface area is 154 Å². The second-order valence-corrected chi connectivity index (χ2v) is 6.87. The molecular weight excluding hydrogens is 330 g/mol. The largest absolute Gasteiger partial charge is 0.302 e. The van der Waals surface area contributed by atoms with Gasteiger partial charge < -0.3 is 4.90 Å². The molecule has 3 rings (SSSR count). The Kier molecular flexibility index (Phi) is 5.90. The Bertz CT molecular complexity index is 794. The van der Waals surface area contributed by atoms with E-state index >= 15 is 0 Å². The first-order valence-corrected chi connectivity index (χ1v) is 9.08. The Hall–Kier alpha value is -2.10. The first-order chi connectivity index (χ1) is 12.2. The molecule has 1 aromatic heterocycles. The highest BCUT2D eigenvalue weighted by atomic mass is 35.5. The summed E-state index contributed by atoms with van der Waals surface area (Å²) in [5.74, 6) is 0. The second kappa shape index (κ2) is 8.32. The van der Waals surface area contributed by atoms with Crippen LogP contribution in [0, 0.1) is 0 Å². The molecule has 3 aromatic rings. The van der Waals surface area contributed by atoms with Gasteiger partial charge in [-0.15, -0.1) is 0 Å². The number of aromatic nitrogens is 2. The maximum absolute atomic E-state index is 6.04. The van der Waals surface area contributed by atoms with Crippen LogP contribution in [-0.2, 0) is 13.1 Å². The van der Waals surface area contributed by atoms with Crippen molar-refractivity contribution < 1.29 is 0 Å².